The van der Waals surface area contributed by atoms with E-state index in [-0.39, 0.29) is 0 Å². The summed E-state index contributed by atoms with van der Waals surface area (Å²) >= 11 is 0. The normalized spacial score (nSPS) is 22.8. The molecule has 82 valence electrons. The molecule has 0 radical (unpaired) electrons. The van der Waals surface area contributed by atoms with Crippen molar-refractivity contribution in [2.75, 3.05) is 19.6 Å². The van der Waals surface area contributed by atoms with Crippen molar-refractivity contribution in [1.82, 2.24) is 10.2 Å². The molecule has 1 fully saturated rings. The molecule has 0 aromatic heterocycles. The molecule has 0 unspecified atom stereocenters. The van der Waals surface area contributed by atoms with E-state index in [4.69, 9.17) is 5.11 Å². The number of carbonyl (C=O) groups is 1. The van der Waals surface area contributed by atoms with Gasteiger partial charge >= 0.3 is 6.09 Å². The Morgan fingerprint density at radius 1 is 1.64 bits per heavy atom. The highest BCUT2D eigenvalue weighted by molar-refractivity contribution is 5.65. The van der Waals surface area contributed by atoms with Crippen molar-refractivity contribution in [1.29, 1.82) is 0 Å². The maximum atomic E-state index is 10.7. The predicted octanol–water partition coefficient (Wildman–Crippen LogP) is 1.37. The molecule has 1 aliphatic rings. The van der Waals surface area contributed by atoms with Crippen LogP contribution in [0.2, 0.25) is 0 Å². The summed E-state index contributed by atoms with van der Waals surface area (Å²) in [6.07, 6.45) is 1.28. The first-order valence-corrected chi connectivity index (χ1v) is 5.31. The molecule has 2 N–H and O–H groups in total. The van der Waals surface area contributed by atoms with E-state index < -0.39 is 6.09 Å². The lowest BCUT2D eigenvalue weighted by Crippen LogP contribution is -2.48. The first-order chi connectivity index (χ1) is 6.59. The summed E-state index contributed by atoms with van der Waals surface area (Å²) in [5.74, 6) is 0.621. The van der Waals surface area contributed by atoms with Crippen LogP contribution in [-0.4, -0.2) is 41.8 Å². The van der Waals surface area contributed by atoms with Gasteiger partial charge in [0.05, 0.1) is 0 Å². The van der Waals surface area contributed by atoms with Gasteiger partial charge in [0, 0.05) is 19.1 Å². The molecule has 1 amide bonds. The molecule has 0 aliphatic carbocycles. The van der Waals surface area contributed by atoms with Gasteiger partial charge in [-0.2, -0.15) is 0 Å². The summed E-state index contributed by atoms with van der Waals surface area (Å²) < 4.78 is 0. The summed E-state index contributed by atoms with van der Waals surface area (Å²) in [7, 11) is 0. The van der Waals surface area contributed by atoms with Crippen LogP contribution in [0.1, 0.15) is 26.7 Å². The standard InChI is InChI=1S/C10H20N2O2/c1-8(2)6-11-9-4-3-5-12(7-9)10(13)14/h8-9,11H,3-7H2,1-2H3,(H,13,14)/t9-/m1/s1. The summed E-state index contributed by atoms with van der Waals surface area (Å²) in [5.41, 5.74) is 0. The fraction of sp³-hybridized carbons (Fsp3) is 0.900. The van der Waals surface area contributed by atoms with Crippen LogP contribution in [0.3, 0.4) is 0 Å². The molecule has 0 aromatic carbocycles. The monoisotopic (exact) mass is 200 g/mol. The van der Waals surface area contributed by atoms with Gasteiger partial charge in [-0.1, -0.05) is 13.8 Å². The molecule has 0 bridgehead atoms. The molecule has 4 nitrogen and oxygen atoms in total. The number of hydrogen-bond acceptors (Lipinski definition) is 2. The summed E-state index contributed by atoms with van der Waals surface area (Å²) in [4.78, 5) is 12.2. The topological polar surface area (TPSA) is 52.6 Å². The van der Waals surface area contributed by atoms with Gasteiger partial charge in [-0.3, -0.25) is 0 Å². The Balaban J connectivity index is 2.29. The Kier molecular flexibility index (Phi) is 4.20. The van der Waals surface area contributed by atoms with Crippen LogP contribution in [0.15, 0.2) is 0 Å². The Labute approximate surface area is 85.3 Å². The van der Waals surface area contributed by atoms with Crippen LogP contribution >= 0.6 is 0 Å². The quantitative estimate of drug-likeness (QED) is 0.723. The minimum Gasteiger partial charge on any atom is -0.465 e. The minimum atomic E-state index is -0.791. The van der Waals surface area contributed by atoms with Gasteiger partial charge in [0.1, 0.15) is 0 Å². The third-order valence-electron chi connectivity index (χ3n) is 2.51. The van der Waals surface area contributed by atoms with Gasteiger partial charge in [0.25, 0.3) is 0 Å². The number of nitrogens with zero attached hydrogens (tertiary/aromatic N) is 1. The highest BCUT2D eigenvalue weighted by Gasteiger charge is 2.22. The highest BCUT2D eigenvalue weighted by atomic mass is 16.4. The van der Waals surface area contributed by atoms with Crippen LogP contribution in [0.25, 0.3) is 0 Å². The zero-order valence-electron chi connectivity index (χ0n) is 8.99. The van der Waals surface area contributed by atoms with E-state index in [1.54, 1.807) is 0 Å². The second-order valence-electron chi connectivity index (χ2n) is 4.37. The average Bonchev–Trinajstić information content (AvgIpc) is 2.15. The number of piperidine rings is 1. The van der Waals surface area contributed by atoms with Crippen molar-refractivity contribution < 1.29 is 9.90 Å². The largest absolute Gasteiger partial charge is 0.465 e. The lowest BCUT2D eigenvalue weighted by atomic mass is 10.1. The van der Waals surface area contributed by atoms with Crippen LogP contribution in [-0.2, 0) is 0 Å². The van der Waals surface area contributed by atoms with E-state index in [2.05, 4.69) is 19.2 Å². The number of likely N-dealkylation sites (tertiary alicyclic amines) is 1. The fourth-order valence-electron chi connectivity index (χ4n) is 1.72. The third kappa shape index (κ3) is 3.54. The Morgan fingerprint density at radius 3 is 2.93 bits per heavy atom. The molecule has 1 heterocycles. The van der Waals surface area contributed by atoms with Crippen molar-refractivity contribution in [2.24, 2.45) is 5.92 Å². The van der Waals surface area contributed by atoms with E-state index in [1.165, 1.54) is 4.90 Å². The smallest absolute Gasteiger partial charge is 0.407 e. The molecule has 1 saturated heterocycles. The van der Waals surface area contributed by atoms with Crippen molar-refractivity contribution in [2.45, 2.75) is 32.7 Å². The number of amides is 1. The summed E-state index contributed by atoms with van der Waals surface area (Å²) in [6.45, 7) is 6.62. The van der Waals surface area contributed by atoms with Gasteiger partial charge in [0.2, 0.25) is 0 Å². The molecular weight excluding hydrogens is 180 g/mol. The van der Waals surface area contributed by atoms with Crippen LogP contribution in [0, 0.1) is 5.92 Å². The van der Waals surface area contributed by atoms with Crippen molar-refractivity contribution >= 4 is 6.09 Å². The molecule has 1 rings (SSSR count). The first kappa shape index (κ1) is 11.3. The zero-order chi connectivity index (χ0) is 10.6. The highest BCUT2D eigenvalue weighted by Crippen LogP contribution is 2.10. The number of rotatable bonds is 3. The number of hydrogen-bond donors (Lipinski definition) is 2. The van der Waals surface area contributed by atoms with Gasteiger partial charge in [0.15, 0.2) is 0 Å². The van der Waals surface area contributed by atoms with E-state index in [1.807, 2.05) is 0 Å². The van der Waals surface area contributed by atoms with Gasteiger partial charge in [-0.05, 0) is 25.3 Å². The summed E-state index contributed by atoms with van der Waals surface area (Å²) in [5, 5.41) is 12.2. The maximum absolute atomic E-state index is 10.7. The summed E-state index contributed by atoms with van der Waals surface area (Å²) in [6, 6.07) is 0.349. The second kappa shape index (κ2) is 5.20. The van der Waals surface area contributed by atoms with E-state index >= 15 is 0 Å². The van der Waals surface area contributed by atoms with Crippen molar-refractivity contribution in [3.05, 3.63) is 0 Å². The molecule has 14 heavy (non-hydrogen) atoms. The Morgan fingerprint density at radius 2 is 2.36 bits per heavy atom. The van der Waals surface area contributed by atoms with Gasteiger partial charge < -0.3 is 15.3 Å². The first-order valence-electron chi connectivity index (χ1n) is 5.31. The van der Waals surface area contributed by atoms with Crippen molar-refractivity contribution in [3.63, 3.8) is 0 Å². The lowest BCUT2D eigenvalue weighted by molar-refractivity contribution is 0.125. The molecular formula is C10H20N2O2. The zero-order valence-corrected chi connectivity index (χ0v) is 8.99. The van der Waals surface area contributed by atoms with Crippen LogP contribution in [0.4, 0.5) is 4.79 Å². The molecule has 1 atom stereocenters. The van der Waals surface area contributed by atoms with E-state index in [0.717, 1.165) is 19.4 Å². The molecule has 4 heteroatoms. The second-order valence-corrected chi connectivity index (χ2v) is 4.37. The predicted molar refractivity (Wildman–Crippen MR) is 55.5 cm³/mol. The van der Waals surface area contributed by atoms with E-state index in [0.29, 0.717) is 25.0 Å². The Hall–Kier alpha value is -0.770. The van der Waals surface area contributed by atoms with Crippen LogP contribution in [0.5, 0.6) is 0 Å². The van der Waals surface area contributed by atoms with Crippen LogP contribution < -0.4 is 5.32 Å². The SMILES string of the molecule is CC(C)CN[C@@H]1CCCN(C(=O)O)C1. The maximum Gasteiger partial charge on any atom is 0.407 e. The molecule has 0 spiro atoms. The molecule has 0 saturated carbocycles. The van der Waals surface area contributed by atoms with E-state index in [9.17, 15) is 4.79 Å². The fourth-order valence-corrected chi connectivity index (χ4v) is 1.72. The molecule has 1 aliphatic heterocycles. The third-order valence-corrected chi connectivity index (χ3v) is 2.51. The minimum absolute atomic E-state index is 0.349. The lowest BCUT2D eigenvalue weighted by Gasteiger charge is -2.31. The van der Waals surface area contributed by atoms with Gasteiger partial charge in [-0.25, -0.2) is 4.79 Å². The average molecular weight is 200 g/mol. The molecule has 0 aromatic rings. The Bertz CT molecular complexity index is 195. The number of carboxylic acid groups (broad SMARTS) is 1. The van der Waals surface area contributed by atoms with Crippen molar-refractivity contribution in [3.8, 4) is 0 Å². The van der Waals surface area contributed by atoms with Gasteiger partial charge in [-0.15, -0.1) is 0 Å². The number of nitrogens with one attached hydrogen (secondary N) is 1.